The van der Waals surface area contributed by atoms with Crippen LogP contribution >= 0.6 is 0 Å². The molecule has 148 valence electrons. The van der Waals surface area contributed by atoms with Crippen molar-refractivity contribution in [2.45, 2.75) is 53.4 Å². The molecular weight excluding hydrogens is 334 g/mol. The van der Waals surface area contributed by atoms with Crippen molar-refractivity contribution in [3.05, 3.63) is 34.9 Å². The molecule has 0 amide bonds. The second-order valence-electron chi connectivity index (χ2n) is 8.13. The van der Waals surface area contributed by atoms with Crippen molar-refractivity contribution >= 4 is 0 Å². The largest absolute Gasteiger partial charge is 0.381 e. The number of nitriles is 2. The Morgan fingerprint density at radius 1 is 1.00 bits per heavy atom. The zero-order chi connectivity index (χ0) is 20.2. The van der Waals surface area contributed by atoms with Gasteiger partial charge in [0, 0.05) is 32.2 Å². The van der Waals surface area contributed by atoms with Gasteiger partial charge in [0.05, 0.1) is 17.7 Å². The Morgan fingerprint density at radius 3 is 2.19 bits per heavy atom. The fraction of sp³-hybridized carbons (Fsp3) is 0.652. The van der Waals surface area contributed by atoms with Crippen molar-refractivity contribution in [2.24, 2.45) is 11.8 Å². The second-order valence-corrected chi connectivity index (χ2v) is 8.13. The van der Waals surface area contributed by atoms with Gasteiger partial charge >= 0.3 is 0 Å². The van der Waals surface area contributed by atoms with Crippen molar-refractivity contribution in [3.63, 3.8) is 0 Å². The normalized spacial score (nSPS) is 12.4. The molecule has 0 heterocycles. The molecule has 0 aromatic heterocycles. The van der Waals surface area contributed by atoms with Crippen LogP contribution in [0.2, 0.25) is 0 Å². The SMILES string of the molecule is CCCCOCC(CN(CC(C)C)CC(C)C)c1cccc(C#N)c1C#N. The van der Waals surface area contributed by atoms with Crippen LogP contribution in [0.3, 0.4) is 0 Å². The van der Waals surface area contributed by atoms with E-state index in [0.29, 0.717) is 29.6 Å². The summed E-state index contributed by atoms with van der Waals surface area (Å²) in [7, 11) is 0. The van der Waals surface area contributed by atoms with Crippen LogP contribution < -0.4 is 0 Å². The van der Waals surface area contributed by atoms with E-state index in [1.807, 2.05) is 12.1 Å². The summed E-state index contributed by atoms with van der Waals surface area (Å²) in [4.78, 5) is 2.48. The molecule has 0 saturated carbocycles. The minimum absolute atomic E-state index is 0.0855. The van der Waals surface area contributed by atoms with E-state index in [1.54, 1.807) is 6.07 Å². The van der Waals surface area contributed by atoms with E-state index in [4.69, 9.17) is 4.74 Å². The Balaban J connectivity index is 3.12. The highest BCUT2D eigenvalue weighted by atomic mass is 16.5. The van der Waals surface area contributed by atoms with Crippen LogP contribution in [-0.4, -0.2) is 37.7 Å². The monoisotopic (exact) mass is 369 g/mol. The first-order valence-corrected chi connectivity index (χ1v) is 10.2. The van der Waals surface area contributed by atoms with E-state index in [2.05, 4.69) is 51.7 Å². The van der Waals surface area contributed by atoms with E-state index >= 15 is 0 Å². The van der Waals surface area contributed by atoms with Crippen LogP contribution in [0, 0.1) is 34.5 Å². The third kappa shape index (κ3) is 8.12. The minimum Gasteiger partial charge on any atom is -0.381 e. The van der Waals surface area contributed by atoms with Gasteiger partial charge in [-0.3, -0.25) is 0 Å². The highest BCUT2D eigenvalue weighted by Gasteiger charge is 2.22. The van der Waals surface area contributed by atoms with E-state index < -0.39 is 0 Å². The first-order chi connectivity index (χ1) is 12.9. The molecule has 1 unspecified atom stereocenters. The number of benzene rings is 1. The van der Waals surface area contributed by atoms with Crippen LogP contribution in [0.25, 0.3) is 0 Å². The quantitative estimate of drug-likeness (QED) is 0.489. The summed E-state index contributed by atoms with van der Waals surface area (Å²) in [6.07, 6.45) is 2.14. The van der Waals surface area contributed by atoms with E-state index in [0.717, 1.165) is 44.6 Å². The van der Waals surface area contributed by atoms with Crippen LogP contribution in [0.1, 0.15) is 70.1 Å². The summed E-state index contributed by atoms with van der Waals surface area (Å²) in [5, 5.41) is 19.0. The van der Waals surface area contributed by atoms with Gasteiger partial charge in [-0.2, -0.15) is 10.5 Å². The van der Waals surface area contributed by atoms with Crippen LogP contribution in [0.5, 0.6) is 0 Å². The maximum Gasteiger partial charge on any atom is 0.101 e. The predicted octanol–water partition coefficient (Wildman–Crippen LogP) is 4.94. The smallest absolute Gasteiger partial charge is 0.101 e. The lowest BCUT2D eigenvalue weighted by atomic mass is 9.91. The molecule has 0 N–H and O–H groups in total. The number of ether oxygens (including phenoxy) is 1. The van der Waals surface area contributed by atoms with Gasteiger partial charge in [-0.05, 0) is 29.9 Å². The number of hydrogen-bond donors (Lipinski definition) is 0. The molecule has 0 fully saturated rings. The topological polar surface area (TPSA) is 60.0 Å². The maximum atomic E-state index is 9.66. The van der Waals surface area contributed by atoms with E-state index in [9.17, 15) is 10.5 Å². The van der Waals surface area contributed by atoms with Crippen LogP contribution in [0.15, 0.2) is 18.2 Å². The van der Waals surface area contributed by atoms with Gasteiger partial charge in [0.2, 0.25) is 0 Å². The molecular formula is C23H35N3O. The third-order valence-corrected chi connectivity index (χ3v) is 4.46. The van der Waals surface area contributed by atoms with Crippen LogP contribution in [0.4, 0.5) is 0 Å². The average Bonchev–Trinajstić information content (AvgIpc) is 2.62. The Morgan fingerprint density at radius 2 is 1.67 bits per heavy atom. The summed E-state index contributed by atoms with van der Waals surface area (Å²) < 4.78 is 5.96. The Bertz CT molecular complexity index is 630. The summed E-state index contributed by atoms with van der Waals surface area (Å²) in [6, 6.07) is 9.99. The molecule has 0 saturated heterocycles. The number of rotatable bonds is 12. The van der Waals surface area contributed by atoms with Crippen molar-refractivity contribution < 1.29 is 4.74 Å². The lowest BCUT2D eigenvalue weighted by molar-refractivity contribution is 0.0981. The Kier molecular flexibility index (Phi) is 10.7. The Hall–Kier alpha value is -1.88. The van der Waals surface area contributed by atoms with Gasteiger partial charge in [-0.25, -0.2) is 0 Å². The first-order valence-electron chi connectivity index (χ1n) is 10.2. The Labute approximate surface area is 165 Å². The number of hydrogen-bond acceptors (Lipinski definition) is 4. The molecule has 4 nitrogen and oxygen atoms in total. The summed E-state index contributed by atoms with van der Waals surface area (Å²) in [6.45, 7) is 15.3. The number of unbranched alkanes of at least 4 members (excludes halogenated alkanes) is 1. The van der Waals surface area contributed by atoms with Gasteiger partial charge in [-0.15, -0.1) is 0 Å². The van der Waals surface area contributed by atoms with E-state index in [1.165, 1.54) is 0 Å². The lowest BCUT2D eigenvalue weighted by Crippen LogP contribution is -2.36. The van der Waals surface area contributed by atoms with Gasteiger partial charge in [0.15, 0.2) is 0 Å². The molecule has 1 aromatic rings. The molecule has 0 radical (unpaired) electrons. The standard InChI is InChI=1S/C23H35N3O/c1-6-7-11-27-17-21(16-26(14-18(2)3)15-19(4)5)22-10-8-9-20(12-24)23(22)13-25/h8-10,18-19,21H,6-7,11,14-17H2,1-5H3. The van der Waals surface area contributed by atoms with Crippen molar-refractivity contribution in [1.82, 2.24) is 4.90 Å². The third-order valence-electron chi connectivity index (χ3n) is 4.46. The zero-order valence-corrected chi connectivity index (χ0v) is 17.7. The first kappa shape index (κ1) is 23.2. The van der Waals surface area contributed by atoms with Gasteiger partial charge in [-0.1, -0.05) is 53.2 Å². The molecule has 0 aliphatic heterocycles. The molecule has 0 spiro atoms. The molecule has 0 bridgehead atoms. The molecule has 1 atom stereocenters. The average molecular weight is 370 g/mol. The summed E-state index contributed by atoms with van der Waals surface area (Å²) in [5.41, 5.74) is 1.89. The minimum atomic E-state index is 0.0855. The molecule has 0 aliphatic rings. The van der Waals surface area contributed by atoms with E-state index in [-0.39, 0.29) is 5.92 Å². The second kappa shape index (κ2) is 12.5. The molecule has 4 heteroatoms. The van der Waals surface area contributed by atoms with Gasteiger partial charge < -0.3 is 9.64 Å². The predicted molar refractivity (Wildman–Crippen MR) is 110 cm³/mol. The fourth-order valence-corrected chi connectivity index (χ4v) is 3.41. The summed E-state index contributed by atoms with van der Waals surface area (Å²) >= 11 is 0. The van der Waals surface area contributed by atoms with Crippen molar-refractivity contribution in [3.8, 4) is 12.1 Å². The highest BCUT2D eigenvalue weighted by Crippen LogP contribution is 2.25. The maximum absolute atomic E-state index is 9.66. The molecule has 0 aliphatic carbocycles. The zero-order valence-electron chi connectivity index (χ0n) is 17.7. The van der Waals surface area contributed by atoms with Gasteiger partial charge in [0.1, 0.15) is 12.1 Å². The van der Waals surface area contributed by atoms with Crippen LogP contribution in [-0.2, 0) is 4.74 Å². The van der Waals surface area contributed by atoms with Crippen molar-refractivity contribution in [1.29, 1.82) is 10.5 Å². The highest BCUT2D eigenvalue weighted by molar-refractivity contribution is 5.51. The number of nitrogens with zero attached hydrogens (tertiary/aromatic N) is 3. The summed E-state index contributed by atoms with van der Waals surface area (Å²) in [5.74, 6) is 1.24. The van der Waals surface area contributed by atoms with Crippen molar-refractivity contribution in [2.75, 3.05) is 32.8 Å². The molecule has 27 heavy (non-hydrogen) atoms. The lowest BCUT2D eigenvalue weighted by Gasteiger charge is -2.31. The fourth-order valence-electron chi connectivity index (χ4n) is 3.41. The van der Waals surface area contributed by atoms with Gasteiger partial charge in [0.25, 0.3) is 0 Å². The molecule has 1 rings (SSSR count). The molecule has 1 aromatic carbocycles.